The fraction of sp³-hybridized carbons (Fsp3) is 0.467. The molecule has 2 heterocycles. The first kappa shape index (κ1) is 14.4. The second-order valence-electron chi connectivity index (χ2n) is 5.24. The summed E-state index contributed by atoms with van der Waals surface area (Å²) in [7, 11) is 0. The molecule has 1 aliphatic heterocycles. The SMILES string of the molecule is CCC1CC(Nc2cccc(Cl)c2-n2cncn2)CCO1. The van der Waals surface area contributed by atoms with E-state index in [4.69, 9.17) is 16.3 Å². The van der Waals surface area contributed by atoms with Gasteiger partial charge in [-0.3, -0.25) is 0 Å². The molecule has 0 amide bonds. The lowest BCUT2D eigenvalue weighted by atomic mass is 10.0. The van der Waals surface area contributed by atoms with Crippen LogP contribution in [0.25, 0.3) is 5.69 Å². The summed E-state index contributed by atoms with van der Waals surface area (Å²) in [4.78, 5) is 4.00. The maximum absolute atomic E-state index is 6.34. The van der Waals surface area contributed by atoms with Crippen LogP contribution >= 0.6 is 11.6 Å². The van der Waals surface area contributed by atoms with Crippen molar-refractivity contribution in [1.82, 2.24) is 14.8 Å². The lowest BCUT2D eigenvalue weighted by Gasteiger charge is -2.30. The minimum absolute atomic E-state index is 0.338. The normalized spacial score (nSPS) is 22.2. The molecular formula is C15H19ClN4O. The van der Waals surface area contributed by atoms with Crippen LogP contribution in [0.3, 0.4) is 0 Å². The smallest absolute Gasteiger partial charge is 0.138 e. The van der Waals surface area contributed by atoms with Crippen LogP contribution in [0, 0.1) is 0 Å². The molecule has 1 fully saturated rings. The Morgan fingerprint density at radius 1 is 1.48 bits per heavy atom. The zero-order valence-corrected chi connectivity index (χ0v) is 12.8. The summed E-state index contributed by atoms with van der Waals surface area (Å²) in [6.45, 7) is 2.96. The molecule has 6 heteroatoms. The number of aromatic nitrogens is 3. The van der Waals surface area contributed by atoms with E-state index in [0.717, 1.165) is 37.2 Å². The van der Waals surface area contributed by atoms with Gasteiger partial charge in [-0.15, -0.1) is 0 Å². The number of hydrogen-bond acceptors (Lipinski definition) is 4. The van der Waals surface area contributed by atoms with Gasteiger partial charge in [-0.25, -0.2) is 9.67 Å². The van der Waals surface area contributed by atoms with Crippen molar-refractivity contribution in [3.8, 4) is 5.69 Å². The first-order valence-electron chi connectivity index (χ1n) is 7.29. The van der Waals surface area contributed by atoms with Crippen LogP contribution in [-0.4, -0.2) is 33.5 Å². The van der Waals surface area contributed by atoms with Gasteiger partial charge in [0.1, 0.15) is 18.3 Å². The molecule has 1 saturated heterocycles. The molecule has 0 bridgehead atoms. The standard InChI is InChI=1S/C15H19ClN4O/c1-2-12-8-11(6-7-21-12)19-14-5-3-4-13(16)15(14)20-10-17-9-18-20/h3-5,9-12,19H,2,6-8H2,1H3. The van der Waals surface area contributed by atoms with E-state index in [9.17, 15) is 0 Å². The molecule has 2 aromatic rings. The maximum Gasteiger partial charge on any atom is 0.138 e. The van der Waals surface area contributed by atoms with Gasteiger partial charge in [0.05, 0.1) is 16.8 Å². The Bertz CT molecular complexity index is 587. The van der Waals surface area contributed by atoms with Crippen LogP contribution in [0.5, 0.6) is 0 Å². The molecule has 1 aromatic carbocycles. The molecule has 0 radical (unpaired) electrons. The fourth-order valence-corrected chi connectivity index (χ4v) is 2.97. The second-order valence-corrected chi connectivity index (χ2v) is 5.65. The third kappa shape index (κ3) is 3.19. The number of nitrogens with one attached hydrogen (secondary N) is 1. The average Bonchev–Trinajstić information content (AvgIpc) is 3.01. The van der Waals surface area contributed by atoms with E-state index in [1.807, 2.05) is 18.2 Å². The van der Waals surface area contributed by atoms with Gasteiger partial charge in [0.2, 0.25) is 0 Å². The van der Waals surface area contributed by atoms with E-state index < -0.39 is 0 Å². The molecule has 1 N–H and O–H groups in total. The summed E-state index contributed by atoms with van der Waals surface area (Å²) in [5, 5.41) is 8.44. The van der Waals surface area contributed by atoms with Crippen molar-refractivity contribution >= 4 is 17.3 Å². The van der Waals surface area contributed by atoms with E-state index >= 15 is 0 Å². The van der Waals surface area contributed by atoms with E-state index in [1.54, 1.807) is 11.0 Å². The predicted octanol–water partition coefficient (Wildman–Crippen LogP) is 3.29. The van der Waals surface area contributed by atoms with Crippen LogP contribution in [0.4, 0.5) is 5.69 Å². The van der Waals surface area contributed by atoms with Crippen LogP contribution in [0.1, 0.15) is 26.2 Å². The molecule has 3 rings (SSSR count). The van der Waals surface area contributed by atoms with Gasteiger partial charge in [-0.2, -0.15) is 5.10 Å². The highest BCUT2D eigenvalue weighted by molar-refractivity contribution is 6.33. The summed E-state index contributed by atoms with van der Waals surface area (Å²) in [5.74, 6) is 0. The second kappa shape index (κ2) is 6.45. The Balaban J connectivity index is 1.84. The van der Waals surface area contributed by atoms with Crippen molar-refractivity contribution in [3.05, 3.63) is 35.9 Å². The minimum Gasteiger partial charge on any atom is -0.380 e. The first-order chi connectivity index (χ1) is 10.3. The lowest BCUT2D eigenvalue weighted by Crippen LogP contribution is -2.34. The van der Waals surface area contributed by atoms with Gasteiger partial charge >= 0.3 is 0 Å². The molecule has 0 saturated carbocycles. The number of benzene rings is 1. The van der Waals surface area contributed by atoms with Gasteiger partial charge in [-0.1, -0.05) is 24.6 Å². The number of halogens is 1. The summed E-state index contributed by atoms with van der Waals surface area (Å²) in [6.07, 6.45) is 6.56. The van der Waals surface area contributed by atoms with E-state index in [1.165, 1.54) is 6.33 Å². The van der Waals surface area contributed by atoms with Crippen molar-refractivity contribution in [2.24, 2.45) is 0 Å². The number of anilines is 1. The quantitative estimate of drug-likeness (QED) is 0.941. The highest BCUT2D eigenvalue weighted by atomic mass is 35.5. The van der Waals surface area contributed by atoms with Gasteiger partial charge < -0.3 is 10.1 Å². The molecule has 112 valence electrons. The van der Waals surface area contributed by atoms with E-state index in [0.29, 0.717) is 17.2 Å². The number of rotatable bonds is 4. The molecule has 5 nitrogen and oxygen atoms in total. The first-order valence-corrected chi connectivity index (χ1v) is 7.67. The largest absolute Gasteiger partial charge is 0.380 e. The van der Waals surface area contributed by atoms with Gasteiger partial charge in [0.25, 0.3) is 0 Å². The number of nitrogens with zero attached hydrogens (tertiary/aromatic N) is 3. The Morgan fingerprint density at radius 3 is 3.14 bits per heavy atom. The molecule has 2 atom stereocenters. The Hall–Kier alpha value is -1.59. The van der Waals surface area contributed by atoms with Crippen molar-refractivity contribution in [3.63, 3.8) is 0 Å². The fourth-order valence-electron chi connectivity index (χ4n) is 2.70. The zero-order valence-electron chi connectivity index (χ0n) is 12.0. The lowest BCUT2D eigenvalue weighted by molar-refractivity contribution is 0.00925. The molecular weight excluding hydrogens is 288 g/mol. The van der Waals surface area contributed by atoms with Crippen LogP contribution in [0.2, 0.25) is 5.02 Å². The third-order valence-corrected chi connectivity index (χ3v) is 4.12. The topological polar surface area (TPSA) is 52.0 Å². The summed E-state index contributed by atoms with van der Waals surface area (Å²) in [6, 6.07) is 6.23. The van der Waals surface area contributed by atoms with Crippen molar-refractivity contribution < 1.29 is 4.74 Å². The molecule has 0 aliphatic carbocycles. The Labute approximate surface area is 129 Å². The van der Waals surface area contributed by atoms with Gasteiger partial charge in [-0.05, 0) is 31.4 Å². The van der Waals surface area contributed by atoms with Gasteiger partial charge in [0, 0.05) is 12.6 Å². The van der Waals surface area contributed by atoms with Crippen molar-refractivity contribution in [2.45, 2.75) is 38.3 Å². The third-order valence-electron chi connectivity index (χ3n) is 3.82. The molecule has 0 spiro atoms. The monoisotopic (exact) mass is 306 g/mol. The van der Waals surface area contributed by atoms with E-state index in [2.05, 4.69) is 22.3 Å². The summed E-state index contributed by atoms with van der Waals surface area (Å²) in [5.41, 5.74) is 1.82. The van der Waals surface area contributed by atoms with Crippen molar-refractivity contribution in [1.29, 1.82) is 0 Å². The van der Waals surface area contributed by atoms with Crippen LogP contribution < -0.4 is 5.32 Å². The number of hydrogen-bond donors (Lipinski definition) is 1. The van der Waals surface area contributed by atoms with E-state index in [-0.39, 0.29) is 0 Å². The molecule has 1 aromatic heterocycles. The number of para-hydroxylation sites is 1. The molecule has 1 aliphatic rings. The zero-order chi connectivity index (χ0) is 14.7. The van der Waals surface area contributed by atoms with Gasteiger partial charge in [0.15, 0.2) is 0 Å². The number of ether oxygens (including phenoxy) is 1. The van der Waals surface area contributed by atoms with Crippen molar-refractivity contribution in [2.75, 3.05) is 11.9 Å². The predicted molar refractivity (Wildman–Crippen MR) is 83.0 cm³/mol. The Morgan fingerprint density at radius 2 is 2.38 bits per heavy atom. The average molecular weight is 307 g/mol. The highest BCUT2D eigenvalue weighted by Crippen LogP contribution is 2.30. The highest BCUT2D eigenvalue weighted by Gasteiger charge is 2.22. The summed E-state index contributed by atoms with van der Waals surface area (Å²) >= 11 is 6.34. The van der Waals surface area contributed by atoms with Crippen LogP contribution in [0.15, 0.2) is 30.9 Å². The maximum atomic E-state index is 6.34. The van der Waals surface area contributed by atoms with Crippen LogP contribution in [-0.2, 0) is 4.74 Å². The summed E-state index contributed by atoms with van der Waals surface area (Å²) < 4.78 is 7.42. The molecule has 21 heavy (non-hydrogen) atoms. The molecule has 2 unspecified atom stereocenters. The minimum atomic E-state index is 0.338. The Kier molecular flexibility index (Phi) is 4.41.